The maximum atomic E-state index is 14.5. The lowest BCUT2D eigenvalue weighted by Crippen LogP contribution is -2.41. The van der Waals surface area contributed by atoms with Crippen LogP contribution in [-0.2, 0) is 4.79 Å². The van der Waals surface area contributed by atoms with Gasteiger partial charge in [0, 0.05) is 36.3 Å². The highest BCUT2D eigenvalue weighted by molar-refractivity contribution is 6.30. The molecule has 5 rings (SSSR count). The van der Waals surface area contributed by atoms with Crippen LogP contribution in [0.1, 0.15) is 36.5 Å². The van der Waals surface area contributed by atoms with Gasteiger partial charge in [-0.15, -0.1) is 0 Å². The number of ether oxygens (including phenoxy) is 1. The van der Waals surface area contributed by atoms with Crippen molar-refractivity contribution in [1.82, 2.24) is 15.3 Å². The van der Waals surface area contributed by atoms with E-state index in [9.17, 15) is 23.1 Å². The summed E-state index contributed by atoms with van der Waals surface area (Å²) in [5, 5.41) is 12.7. The molecule has 2 aromatic carbocycles. The molecule has 0 radical (unpaired) electrons. The van der Waals surface area contributed by atoms with Gasteiger partial charge in [-0.2, -0.15) is 23.1 Å². The Morgan fingerprint density at radius 2 is 1.88 bits per heavy atom. The van der Waals surface area contributed by atoms with Crippen LogP contribution in [0.15, 0.2) is 48.5 Å². The number of halogens is 4. The predicted molar refractivity (Wildman–Crippen MR) is 145 cm³/mol. The van der Waals surface area contributed by atoms with Crippen LogP contribution in [0.3, 0.4) is 0 Å². The van der Waals surface area contributed by atoms with E-state index in [0.717, 1.165) is 5.56 Å². The number of anilines is 2. The fourth-order valence-corrected chi connectivity index (χ4v) is 5.68. The van der Waals surface area contributed by atoms with Crippen LogP contribution in [0.2, 0.25) is 5.02 Å². The van der Waals surface area contributed by atoms with Gasteiger partial charge in [-0.1, -0.05) is 47.5 Å². The van der Waals surface area contributed by atoms with Crippen LogP contribution in [0.25, 0.3) is 11.1 Å². The van der Waals surface area contributed by atoms with Gasteiger partial charge in [-0.05, 0) is 54.9 Å². The topological polar surface area (TPSA) is 114 Å². The number of carboxylic acids is 1. The lowest BCUT2D eigenvalue weighted by Gasteiger charge is -2.39. The number of piperidine rings is 1. The van der Waals surface area contributed by atoms with E-state index in [2.05, 4.69) is 15.3 Å². The number of aromatic nitrogens is 2. The smallest absolute Gasteiger partial charge is 0.429 e. The second-order valence-corrected chi connectivity index (χ2v) is 11.0. The van der Waals surface area contributed by atoms with Crippen LogP contribution < -0.4 is 20.7 Å². The van der Waals surface area contributed by atoms with Gasteiger partial charge in [0.2, 0.25) is 17.9 Å². The molecule has 2 aliphatic rings. The number of aryl methyl sites for hydroxylation is 1. The van der Waals surface area contributed by atoms with Crippen molar-refractivity contribution < 1.29 is 27.8 Å². The van der Waals surface area contributed by atoms with Crippen LogP contribution in [0, 0.1) is 12.3 Å². The summed E-state index contributed by atoms with van der Waals surface area (Å²) in [5.41, 5.74) is 7.49. The standard InChI is InChI=1S/C28H29ClF3N5O3/c1-16-2-4-17(5-3-16)20-12-18(29)6-7-19(20)24(28(30,31)32)40-23-13-22(35-26(33)36-23)37-10-8-27(9-11-37)14-21(25(38)39)34-15-27/h2-7,12-13,21,24,34H,8-11,14-15H2,1H3,(H,38,39)(H2,33,35,36)/t21?,24-/m1/s1. The first kappa shape index (κ1) is 28.0. The Morgan fingerprint density at radius 1 is 1.18 bits per heavy atom. The number of carboxylic acid groups (broad SMARTS) is 1. The average molecular weight is 576 g/mol. The monoisotopic (exact) mass is 575 g/mol. The molecule has 2 aliphatic heterocycles. The number of alkyl halides is 3. The van der Waals surface area contributed by atoms with Crippen molar-refractivity contribution in [2.75, 3.05) is 30.3 Å². The summed E-state index contributed by atoms with van der Waals surface area (Å²) in [5.74, 6) is -1.02. The van der Waals surface area contributed by atoms with E-state index < -0.39 is 24.3 Å². The minimum absolute atomic E-state index is 0.110. The number of nitrogens with zero attached hydrogens (tertiary/aromatic N) is 3. The first-order valence-electron chi connectivity index (χ1n) is 12.9. The number of nitrogens with two attached hydrogens (primary N) is 1. The van der Waals surface area contributed by atoms with Crippen LogP contribution in [0.4, 0.5) is 24.9 Å². The van der Waals surface area contributed by atoms with Crippen molar-refractivity contribution in [3.05, 3.63) is 64.7 Å². The van der Waals surface area contributed by atoms with Gasteiger partial charge in [0.1, 0.15) is 11.9 Å². The van der Waals surface area contributed by atoms with Crippen LogP contribution >= 0.6 is 11.6 Å². The molecule has 0 amide bonds. The third kappa shape index (κ3) is 5.95. The van der Waals surface area contributed by atoms with Gasteiger partial charge in [-0.3, -0.25) is 4.79 Å². The molecule has 0 saturated carbocycles. The van der Waals surface area contributed by atoms with E-state index in [1.54, 1.807) is 12.1 Å². The highest BCUT2D eigenvalue weighted by Crippen LogP contribution is 2.43. The lowest BCUT2D eigenvalue weighted by atomic mass is 9.76. The van der Waals surface area contributed by atoms with Crippen molar-refractivity contribution in [3.8, 4) is 17.0 Å². The molecule has 3 aromatic rings. The summed E-state index contributed by atoms with van der Waals surface area (Å²) >= 11 is 6.18. The van der Waals surface area contributed by atoms with Gasteiger partial charge in [0.15, 0.2) is 0 Å². The normalized spacial score (nSPS) is 19.5. The number of hydrogen-bond donors (Lipinski definition) is 3. The largest absolute Gasteiger partial charge is 0.480 e. The molecule has 8 nitrogen and oxygen atoms in total. The molecule has 3 heterocycles. The van der Waals surface area contributed by atoms with E-state index in [1.807, 2.05) is 24.0 Å². The van der Waals surface area contributed by atoms with Gasteiger partial charge in [0.05, 0.1) is 0 Å². The molecule has 2 saturated heterocycles. The number of hydrogen-bond acceptors (Lipinski definition) is 7. The summed E-state index contributed by atoms with van der Waals surface area (Å²) in [6.45, 7) is 3.58. The van der Waals surface area contributed by atoms with Gasteiger partial charge < -0.3 is 25.8 Å². The predicted octanol–water partition coefficient (Wildman–Crippen LogP) is 5.40. The van der Waals surface area contributed by atoms with Gasteiger partial charge in [-0.25, -0.2) is 0 Å². The molecule has 212 valence electrons. The molecule has 0 aliphatic carbocycles. The second kappa shape index (κ2) is 10.8. The first-order chi connectivity index (χ1) is 18.9. The Labute approximate surface area is 234 Å². The molecule has 2 atom stereocenters. The third-order valence-electron chi connectivity index (χ3n) is 7.71. The number of aliphatic carboxylic acids is 1. The Bertz CT molecular complexity index is 1390. The van der Waals surface area contributed by atoms with Crippen molar-refractivity contribution in [1.29, 1.82) is 0 Å². The zero-order valence-electron chi connectivity index (χ0n) is 21.7. The molecule has 1 spiro atoms. The Morgan fingerprint density at radius 3 is 2.50 bits per heavy atom. The van der Waals surface area contributed by atoms with E-state index >= 15 is 0 Å². The van der Waals surface area contributed by atoms with Crippen molar-refractivity contribution in [2.45, 2.75) is 44.5 Å². The van der Waals surface area contributed by atoms with Gasteiger partial charge >= 0.3 is 12.1 Å². The number of benzene rings is 2. The molecular formula is C28H29ClF3N5O3. The summed E-state index contributed by atoms with van der Waals surface area (Å²) in [4.78, 5) is 21.5. The third-order valence-corrected chi connectivity index (χ3v) is 7.94. The Kier molecular flexibility index (Phi) is 7.54. The molecule has 1 unspecified atom stereocenters. The van der Waals surface area contributed by atoms with Crippen LogP contribution in [-0.4, -0.2) is 52.9 Å². The minimum atomic E-state index is -4.78. The number of rotatable bonds is 6. The quantitative estimate of drug-likeness (QED) is 0.358. The van der Waals surface area contributed by atoms with E-state index in [-0.39, 0.29) is 22.8 Å². The molecule has 40 heavy (non-hydrogen) atoms. The van der Waals surface area contributed by atoms with E-state index in [4.69, 9.17) is 22.1 Å². The van der Waals surface area contributed by atoms with E-state index in [0.29, 0.717) is 60.9 Å². The second-order valence-electron chi connectivity index (χ2n) is 10.5. The molecule has 4 N–H and O–H groups in total. The lowest BCUT2D eigenvalue weighted by molar-refractivity contribution is -0.198. The molecule has 12 heteroatoms. The molecular weight excluding hydrogens is 547 g/mol. The average Bonchev–Trinajstić information content (AvgIpc) is 3.31. The highest BCUT2D eigenvalue weighted by atomic mass is 35.5. The molecule has 1 aromatic heterocycles. The number of nitrogen functional groups attached to an aromatic ring is 1. The summed E-state index contributed by atoms with van der Waals surface area (Å²) in [7, 11) is 0. The number of nitrogens with one attached hydrogen (secondary N) is 1. The van der Waals surface area contributed by atoms with Gasteiger partial charge in [0.25, 0.3) is 0 Å². The molecule has 0 bridgehead atoms. The zero-order chi connectivity index (χ0) is 28.7. The maximum Gasteiger partial charge on any atom is 0.429 e. The Hall–Kier alpha value is -3.57. The van der Waals surface area contributed by atoms with Crippen molar-refractivity contribution in [2.24, 2.45) is 5.41 Å². The zero-order valence-corrected chi connectivity index (χ0v) is 22.5. The van der Waals surface area contributed by atoms with Crippen molar-refractivity contribution >= 4 is 29.3 Å². The summed E-state index contributed by atoms with van der Waals surface area (Å²) in [6, 6.07) is 12.1. The first-order valence-corrected chi connectivity index (χ1v) is 13.3. The van der Waals surface area contributed by atoms with E-state index in [1.165, 1.54) is 24.3 Å². The summed E-state index contributed by atoms with van der Waals surface area (Å²) in [6.07, 6.45) is -5.17. The highest BCUT2D eigenvalue weighted by Gasteiger charge is 2.46. The fourth-order valence-electron chi connectivity index (χ4n) is 5.50. The van der Waals surface area contributed by atoms with Crippen LogP contribution in [0.5, 0.6) is 5.88 Å². The van der Waals surface area contributed by atoms with Crippen molar-refractivity contribution in [3.63, 3.8) is 0 Å². The fraction of sp³-hybridized carbons (Fsp3) is 0.393. The summed E-state index contributed by atoms with van der Waals surface area (Å²) < 4.78 is 49.0. The molecule has 2 fully saturated rings. The minimum Gasteiger partial charge on any atom is -0.480 e. The Balaban J connectivity index is 1.41. The maximum absolute atomic E-state index is 14.5. The SMILES string of the molecule is Cc1ccc(-c2cc(Cl)ccc2[C@@H](Oc2cc(N3CCC4(CC3)CNC(C(=O)O)C4)nc(N)n2)C(F)(F)F)cc1. The number of carbonyl (C=O) groups is 1.